The van der Waals surface area contributed by atoms with Crippen molar-refractivity contribution in [1.29, 1.82) is 0 Å². The summed E-state index contributed by atoms with van der Waals surface area (Å²) >= 11 is 0. The van der Waals surface area contributed by atoms with Crippen LogP contribution in [0.3, 0.4) is 0 Å². The number of nitrogens with zero attached hydrogens (tertiary/aromatic N) is 1. The Balaban J connectivity index is 2.88. The lowest BCUT2D eigenvalue weighted by Gasteiger charge is -2.19. The van der Waals surface area contributed by atoms with E-state index in [0.29, 0.717) is 0 Å². The van der Waals surface area contributed by atoms with Gasteiger partial charge in [-0.2, -0.15) is 26.3 Å². The van der Waals surface area contributed by atoms with Crippen LogP contribution in [-0.4, -0.2) is 32.0 Å². The van der Waals surface area contributed by atoms with E-state index in [9.17, 15) is 34.8 Å². The Bertz CT molecular complexity index is 557. The van der Waals surface area contributed by atoms with Gasteiger partial charge in [0.05, 0.1) is 6.54 Å². The maximum atomic E-state index is 12.6. The lowest BCUT2D eigenvalue weighted by molar-refractivity contribution is -0.277. The quantitative estimate of drug-likeness (QED) is 0.680. The first-order valence-electron chi connectivity index (χ1n) is 4.52. The average Bonchev–Trinajstić information content (AvgIpc) is 2.25. The largest absolute Gasteiger partial charge is 0.454 e. The van der Waals surface area contributed by atoms with Crippen molar-refractivity contribution in [2.24, 2.45) is 0 Å². The van der Waals surface area contributed by atoms with Crippen LogP contribution in [0.5, 0.6) is 0 Å². The predicted octanol–water partition coefficient (Wildman–Crippen LogP) is 1.70. The number of alkyl halides is 5. The highest BCUT2D eigenvalue weighted by molar-refractivity contribution is 7.89. The Morgan fingerprint density at radius 3 is 2.21 bits per heavy atom. The molecule has 11 heteroatoms. The number of sulfonamides is 1. The Morgan fingerprint density at radius 2 is 1.74 bits per heavy atom. The van der Waals surface area contributed by atoms with Crippen molar-refractivity contribution in [3.8, 4) is 0 Å². The van der Waals surface area contributed by atoms with Gasteiger partial charge >= 0.3 is 12.1 Å². The number of aromatic nitrogens is 1. The second kappa shape index (κ2) is 4.96. The number of hydrogen-bond donors (Lipinski definition) is 1. The minimum atomic E-state index is -5.90. The van der Waals surface area contributed by atoms with Gasteiger partial charge in [-0.05, 0) is 12.1 Å². The first-order chi connectivity index (χ1) is 8.46. The summed E-state index contributed by atoms with van der Waals surface area (Å²) in [6.45, 7) is -2.20. The summed E-state index contributed by atoms with van der Waals surface area (Å²) in [7, 11) is -4.76. The summed E-state index contributed by atoms with van der Waals surface area (Å²) in [6.07, 6.45) is -5.90. The van der Waals surface area contributed by atoms with Crippen LogP contribution in [0.2, 0.25) is 0 Å². The lowest BCUT2D eigenvalue weighted by atomic mass is 10.3. The molecule has 0 aliphatic rings. The Morgan fingerprint density at radius 1 is 1.16 bits per heavy atom. The van der Waals surface area contributed by atoms with Crippen LogP contribution in [0.1, 0.15) is 0 Å². The molecule has 0 atom stereocenters. The normalized spacial score (nSPS) is 13.6. The highest BCUT2D eigenvalue weighted by Crippen LogP contribution is 2.34. The molecule has 19 heavy (non-hydrogen) atoms. The molecule has 0 saturated heterocycles. The third-order valence-corrected chi connectivity index (χ3v) is 3.17. The number of rotatable bonds is 4. The first-order valence-corrected chi connectivity index (χ1v) is 6.01. The number of hydrogen-bond acceptors (Lipinski definition) is 3. The van der Waals surface area contributed by atoms with Crippen LogP contribution in [0, 0.1) is 5.95 Å². The summed E-state index contributed by atoms with van der Waals surface area (Å²) in [5, 5.41) is -0.995. The Kier molecular flexibility index (Phi) is 4.10. The van der Waals surface area contributed by atoms with E-state index in [2.05, 4.69) is 4.98 Å². The fraction of sp³-hybridized carbons (Fsp3) is 0.375. The van der Waals surface area contributed by atoms with Crippen LogP contribution in [0.25, 0.3) is 0 Å². The van der Waals surface area contributed by atoms with E-state index in [0.717, 1.165) is 22.9 Å². The highest BCUT2D eigenvalue weighted by atomic mass is 32.2. The van der Waals surface area contributed by atoms with Crippen molar-refractivity contribution in [3.63, 3.8) is 0 Å². The molecule has 0 radical (unpaired) electrons. The molecule has 4 nitrogen and oxygen atoms in total. The van der Waals surface area contributed by atoms with Gasteiger partial charge in [-0.1, -0.05) is 6.07 Å². The van der Waals surface area contributed by atoms with Crippen LogP contribution < -0.4 is 4.72 Å². The lowest BCUT2D eigenvalue weighted by Crippen LogP contribution is -2.46. The molecule has 0 aliphatic heterocycles. The summed E-state index contributed by atoms with van der Waals surface area (Å²) in [5.41, 5.74) is 0. The molecule has 0 fully saturated rings. The molecule has 1 N–H and O–H groups in total. The van der Waals surface area contributed by atoms with Gasteiger partial charge in [0.2, 0.25) is 5.95 Å². The average molecular weight is 308 g/mol. The molecule has 1 aromatic heterocycles. The zero-order chi connectivity index (χ0) is 14.9. The van der Waals surface area contributed by atoms with Gasteiger partial charge in [0.15, 0.2) is 5.03 Å². The molecule has 1 heterocycles. The second-order valence-corrected chi connectivity index (χ2v) is 5.04. The van der Waals surface area contributed by atoms with Gasteiger partial charge in [-0.3, -0.25) is 0 Å². The Labute approximate surface area is 103 Å². The van der Waals surface area contributed by atoms with E-state index in [-0.39, 0.29) is 0 Å². The van der Waals surface area contributed by atoms with Gasteiger partial charge in [0.1, 0.15) is 0 Å². The predicted molar refractivity (Wildman–Crippen MR) is 50.4 cm³/mol. The molecular formula is C8H6F6N2O2S. The zero-order valence-electron chi connectivity index (χ0n) is 8.88. The molecular weight excluding hydrogens is 302 g/mol. The summed E-state index contributed by atoms with van der Waals surface area (Å²) < 4.78 is 96.7. The minimum absolute atomic E-state index is 0.747. The topological polar surface area (TPSA) is 59.1 Å². The Hall–Kier alpha value is -1.36. The minimum Gasteiger partial charge on any atom is -0.206 e. The van der Waals surface area contributed by atoms with Crippen molar-refractivity contribution in [2.75, 3.05) is 6.54 Å². The van der Waals surface area contributed by atoms with Gasteiger partial charge in [-0.15, -0.1) is 0 Å². The van der Waals surface area contributed by atoms with Crippen molar-refractivity contribution in [3.05, 3.63) is 24.1 Å². The first kappa shape index (κ1) is 15.7. The van der Waals surface area contributed by atoms with Crippen molar-refractivity contribution < 1.29 is 34.8 Å². The number of halogens is 6. The second-order valence-electron chi connectivity index (χ2n) is 3.33. The van der Waals surface area contributed by atoms with Crippen LogP contribution in [-0.2, 0) is 10.0 Å². The maximum Gasteiger partial charge on any atom is 0.454 e. The third-order valence-electron chi connectivity index (χ3n) is 1.86. The molecule has 0 spiro atoms. The summed E-state index contributed by atoms with van der Waals surface area (Å²) in [5.74, 6) is -6.46. The zero-order valence-corrected chi connectivity index (χ0v) is 9.70. The molecule has 0 aliphatic carbocycles. The van der Waals surface area contributed by atoms with E-state index in [4.69, 9.17) is 0 Å². The van der Waals surface area contributed by atoms with Crippen LogP contribution in [0.4, 0.5) is 26.3 Å². The molecule has 0 bridgehead atoms. The summed E-state index contributed by atoms with van der Waals surface area (Å²) in [6, 6.07) is 2.44. The van der Waals surface area contributed by atoms with Gasteiger partial charge in [-0.25, -0.2) is 18.1 Å². The SMILES string of the molecule is O=S(=O)(NCC(F)(F)C(F)(F)F)c1cccc(F)n1. The maximum absolute atomic E-state index is 12.6. The van der Waals surface area contributed by atoms with Gasteiger partial charge in [0, 0.05) is 0 Å². The fourth-order valence-electron chi connectivity index (χ4n) is 0.899. The number of pyridine rings is 1. The highest BCUT2D eigenvalue weighted by Gasteiger charge is 2.57. The third kappa shape index (κ3) is 3.80. The molecule has 1 aromatic rings. The van der Waals surface area contributed by atoms with Crippen molar-refractivity contribution in [1.82, 2.24) is 9.71 Å². The van der Waals surface area contributed by atoms with Crippen molar-refractivity contribution >= 4 is 10.0 Å². The fourth-order valence-corrected chi connectivity index (χ4v) is 1.88. The van der Waals surface area contributed by atoms with Crippen LogP contribution in [0.15, 0.2) is 23.2 Å². The van der Waals surface area contributed by atoms with Crippen LogP contribution >= 0.6 is 0 Å². The molecule has 1 rings (SSSR count). The van der Waals surface area contributed by atoms with Gasteiger partial charge in [0.25, 0.3) is 10.0 Å². The van der Waals surface area contributed by atoms with E-state index < -0.39 is 39.6 Å². The molecule has 0 amide bonds. The number of nitrogens with one attached hydrogen (secondary N) is 1. The molecule has 108 valence electrons. The molecule has 0 aromatic carbocycles. The van der Waals surface area contributed by atoms with E-state index in [1.807, 2.05) is 0 Å². The molecule has 0 saturated carbocycles. The van der Waals surface area contributed by atoms with E-state index in [1.165, 1.54) is 0 Å². The van der Waals surface area contributed by atoms with Crippen molar-refractivity contribution in [2.45, 2.75) is 17.1 Å². The van der Waals surface area contributed by atoms with Gasteiger partial charge < -0.3 is 0 Å². The summed E-state index contributed by atoms with van der Waals surface area (Å²) in [4.78, 5) is 2.86. The van der Waals surface area contributed by atoms with E-state index >= 15 is 0 Å². The smallest absolute Gasteiger partial charge is 0.206 e. The molecule has 0 unspecified atom stereocenters. The standard InChI is InChI=1S/C8H6F6N2O2S/c9-5-2-1-3-6(16-5)19(17,18)15-4-7(10,11)8(12,13)14/h1-3,15H,4H2. The monoisotopic (exact) mass is 308 g/mol. The van der Waals surface area contributed by atoms with E-state index in [1.54, 1.807) is 0 Å².